The molecule has 0 aromatic heterocycles. The minimum absolute atomic E-state index is 0.137. The summed E-state index contributed by atoms with van der Waals surface area (Å²) in [5, 5.41) is 0. The predicted octanol–water partition coefficient (Wildman–Crippen LogP) is 4.40. The highest BCUT2D eigenvalue weighted by atomic mass is 32.2. The highest BCUT2D eigenvalue weighted by Gasteiger charge is 2.26. The number of fused-ring (bicyclic) bond motifs is 1. The van der Waals surface area contributed by atoms with E-state index in [1.54, 1.807) is 11.8 Å². The Morgan fingerprint density at radius 3 is 2.55 bits per heavy atom. The van der Waals surface area contributed by atoms with Crippen molar-refractivity contribution in [1.82, 2.24) is 0 Å². The normalized spacial score (nSPS) is 17.6. The summed E-state index contributed by atoms with van der Waals surface area (Å²) in [4.78, 5) is 13.9. The maximum absolute atomic E-state index is 12.8. The molecular weight excluding hydrogens is 264 g/mol. The Hall–Kier alpha value is -1.54. The van der Waals surface area contributed by atoms with Gasteiger partial charge in [0.15, 0.2) is 5.78 Å². The van der Waals surface area contributed by atoms with Crippen molar-refractivity contribution in [2.45, 2.75) is 24.2 Å². The van der Waals surface area contributed by atoms with Crippen molar-refractivity contribution in [2.75, 3.05) is 6.26 Å². The van der Waals surface area contributed by atoms with Crippen LogP contribution in [-0.2, 0) is 12.8 Å². The lowest BCUT2D eigenvalue weighted by Crippen LogP contribution is -2.23. The summed E-state index contributed by atoms with van der Waals surface area (Å²) in [5.41, 5.74) is 3.65. The van der Waals surface area contributed by atoms with Crippen LogP contribution in [0.25, 0.3) is 0 Å². The molecule has 0 heterocycles. The van der Waals surface area contributed by atoms with Gasteiger partial charge < -0.3 is 0 Å². The number of aryl methyl sites for hydroxylation is 1. The van der Waals surface area contributed by atoms with Crippen LogP contribution in [0.4, 0.5) is 0 Å². The summed E-state index contributed by atoms with van der Waals surface area (Å²) in [5.74, 6) is 0.447. The zero-order valence-corrected chi connectivity index (χ0v) is 12.5. The number of Topliss-reactive ketones (excluding diaryl/α,β-unsaturated/α-hetero) is 1. The summed E-state index contributed by atoms with van der Waals surface area (Å²) >= 11 is 1.65. The molecule has 1 nitrogen and oxygen atoms in total. The number of carbonyl (C=O) groups excluding carboxylic acids is 1. The first kappa shape index (κ1) is 13.4. The van der Waals surface area contributed by atoms with Crippen LogP contribution in [0, 0.1) is 5.92 Å². The molecule has 0 bridgehead atoms. The Morgan fingerprint density at radius 1 is 1.05 bits per heavy atom. The van der Waals surface area contributed by atoms with Gasteiger partial charge >= 0.3 is 0 Å². The molecule has 102 valence electrons. The number of ketones is 1. The monoisotopic (exact) mass is 282 g/mol. The smallest absolute Gasteiger partial charge is 0.167 e. The first-order valence-electron chi connectivity index (χ1n) is 7.03. The molecule has 2 aromatic rings. The Kier molecular flexibility index (Phi) is 3.93. The van der Waals surface area contributed by atoms with Crippen LogP contribution in [0.5, 0.6) is 0 Å². The summed E-state index contributed by atoms with van der Waals surface area (Å²) < 4.78 is 0. The average Bonchev–Trinajstić information content (AvgIpc) is 2.53. The molecule has 0 N–H and O–H groups in total. The molecule has 20 heavy (non-hydrogen) atoms. The third-order valence-corrected chi connectivity index (χ3v) is 4.89. The molecule has 1 unspecified atom stereocenters. The standard InChI is InChI=1S/C18H18OS/c1-20-17-9-5-4-8-16(17)18(19)15-11-10-13-6-2-3-7-14(13)12-15/h2-9,15H,10-12H2,1H3. The summed E-state index contributed by atoms with van der Waals surface area (Å²) in [6, 6.07) is 16.5. The number of rotatable bonds is 3. The predicted molar refractivity (Wildman–Crippen MR) is 84.5 cm³/mol. The largest absolute Gasteiger partial charge is 0.294 e. The maximum atomic E-state index is 12.8. The second-order valence-corrected chi connectivity index (χ2v) is 6.12. The number of hydrogen-bond donors (Lipinski definition) is 0. The second kappa shape index (κ2) is 5.84. The molecule has 1 atom stereocenters. The van der Waals surface area contributed by atoms with Gasteiger partial charge in [0, 0.05) is 16.4 Å². The molecule has 1 aliphatic carbocycles. The molecule has 0 radical (unpaired) electrons. The van der Waals surface area contributed by atoms with E-state index < -0.39 is 0 Å². The van der Waals surface area contributed by atoms with E-state index in [0.29, 0.717) is 5.78 Å². The van der Waals surface area contributed by atoms with E-state index in [1.165, 1.54) is 11.1 Å². The summed E-state index contributed by atoms with van der Waals surface area (Å²) in [6.07, 6.45) is 4.91. The van der Waals surface area contributed by atoms with Gasteiger partial charge in [-0.05, 0) is 42.7 Å². The molecule has 2 aromatic carbocycles. The maximum Gasteiger partial charge on any atom is 0.167 e. The van der Waals surface area contributed by atoms with E-state index >= 15 is 0 Å². The van der Waals surface area contributed by atoms with E-state index in [4.69, 9.17) is 0 Å². The fourth-order valence-corrected chi connectivity index (χ4v) is 3.59. The Morgan fingerprint density at radius 2 is 1.75 bits per heavy atom. The fraction of sp³-hybridized carbons (Fsp3) is 0.278. The van der Waals surface area contributed by atoms with E-state index in [-0.39, 0.29) is 5.92 Å². The van der Waals surface area contributed by atoms with Crippen molar-refractivity contribution in [3.63, 3.8) is 0 Å². The van der Waals surface area contributed by atoms with Crippen molar-refractivity contribution >= 4 is 17.5 Å². The molecular formula is C18H18OS. The Labute approximate surface area is 124 Å². The Bertz CT molecular complexity index is 633. The summed E-state index contributed by atoms with van der Waals surface area (Å²) in [7, 11) is 0. The van der Waals surface area contributed by atoms with E-state index in [9.17, 15) is 4.79 Å². The molecule has 0 aliphatic heterocycles. The highest BCUT2D eigenvalue weighted by Crippen LogP contribution is 2.30. The van der Waals surface area contributed by atoms with Crippen LogP contribution in [-0.4, -0.2) is 12.0 Å². The molecule has 0 saturated carbocycles. The molecule has 0 amide bonds. The van der Waals surface area contributed by atoms with Gasteiger partial charge in [-0.3, -0.25) is 4.79 Å². The van der Waals surface area contributed by atoms with Crippen molar-refractivity contribution in [3.05, 3.63) is 65.2 Å². The highest BCUT2D eigenvalue weighted by molar-refractivity contribution is 7.98. The topological polar surface area (TPSA) is 17.1 Å². The third-order valence-electron chi connectivity index (χ3n) is 4.09. The van der Waals surface area contributed by atoms with Gasteiger partial charge in [-0.1, -0.05) is 42.5 Å². The van der Waals surface area contributed by atoms with Crippen LogP contribution in [0.15, 0.2) is 53.4 Å². The fourth-order valence-electron chi connectivity index (χ4n) is 2.99. The lowest BCUT2D eigenvalue weighted by atomic mass is 9.80. The van der Waals surface area contributed by atoms with E-state index in [0.717, 1.165) is 29.7 Å². The molecule has 2 heteroatoms. The zero-order valence-electron chi connectivity index (χ0n) is 11.6. The van der Waals surface area contributed by atoms with Crippen molar-refractivity contribution in [2.24, 2.45) is 5.92 Å². The van der Waals surface area contributed by atoms with E-state index in [2.05, 4.69) is 24.3 Å². The first-order valence-corrected chi connectivity index (χ1v) is 8.26. The van der Waals surface area contributed by atoms with Gasteiger partial charge in [-0.25, -0.2) is 0 Å². The first-order chi connectivity index (χ1) is 9.79. The van der Waals surface area contributed by atoms with Gasteiger partial charge in [0.2, 0.25) is 0 Å². The summed E-state index contributed by atoms with van der Waals surface area (Å²) in [6.45, 7) is 0. The molecule has 1 aliphatic rings. The van der Waals surface area contributed by atoms with Crippen molar-refractivity contribution < 1.29 is 4.79 Å². The number of benzene rings is 2. The lowest BCUT2D eigenvalue weighted by Gasteiger charge is -2.24. The molecule has 0 fully saturated rings. The van der Waals surface area contributed by atoms with Gasteiger partial charge in [0.05, 0.1) is 0 Å². The van der Waals surface area contributed by atoms with Gasteiger partial charge in [0.1, 0.15) is 0 Å². The van der Waals surface area contributed by atoms with Crippen molar-refractivity contribution in [3.8, 4) is 0 Å². The van der Waals surface area contributed by atoms with Crippen LogP contribution in [0.1, 0.15) is 27.9 Å². The average molecular weight is 282 g/mol. The van der Waals surface area contributed by atoms with Crippen molar-refractivity contribution in [1.29, 1.82) is 0 Å². The van der Waals surface area contributed by atoms with Crippen LogP contribution < -0.4 is 0 Å². The van der Waals surface area contributed by atoms with Crippen LogP contribution >= 0.6 is 11.8 Å². The van der Waals surface area contributed by atoms with Gasteiger partial charge in [0.25, 0.3) is 0 Å². The second-order valence-electron chi connectivity index (χ2n) is 5.27. The Balaban J connectivity index is 1.86. The van der Waals surface area contributed by atoms with Gasteiger partial charge in [-0.15, -0.1) is 11.8 Å². The van der Waals surface area contributed by atoms with Crippen LogP contribution in [0.2, 0.25) is 0 Å². The van der Waals surface area contributed by atoms with Crippen LogP contribution in [0.3, 0.4) is 0 Å². The number of hydrogen-bond acceptors (Lipinski definition) is 2. The molecule has 0 saturated heterocycles. The number of carbonyl (C=O) groups is 1. The lowest BCUT2D eigenvalue weighted by molar-refractivity contribution is 0.0905. The molecule has 3 rings (SSSR count). The minimum atomic E-state index is 0.137. The number of thioether (sulfide) groups is 1. The molecule has 0 spiro atoms. The quantitative estimate of drug-likeness (QED) is 0.613. The van der Waals surface area contributed by atoms with E-state index in [1.807, 2.05) is 30.5 Å². The minimum Gasteiger partial charge on any atom is -0.294 e. The third kappa shape index (κ3) is 2.53. The van der Waals surface area contributed by atoms with Gasteiger partial charge in [-0.2, -0.15) is 0 Å². The SMILES string of the molecule is CSc1ccccc1C(=O)C1CCc2ccccc2C1. The zero-order chi connectivity index (χ0) is 13.9.